The number of likely N-dealkylation sites (tertiary alicyclic amines) is 1. The molecule has 0 amide bonds. The lowest BCUT2D eigenvalue weighted by Crippen LogP contribution is -2.58. The maximum absolute atomic E-state index is 12.1. The lowest BCUT2D eigenvalue weighted by molar-refractivity contribution is -0.151. The molecular weight excluding hydrogens is 228 g/mol. The van der Waals surface area contributed by atoms with Gasteiger partial charge >= 0.3 is 5.97 Å². The van der Waals surface area contributed by atoms with Crippen molar-refractivity contribution in [2.45, 2.75) is 46.1 Å². The summed E-state index contributed by atoms with van der Waals surface area (Å²) < 4.78 is 5.19. The molecule has 1 N–H and O–H groups in total. The number of carbonyl (C=O) groups excluding carboxylic acids is 1. The molecule has 0 spiro atoms. The highest BCUT2D eigenvalue weighted by Crippen LogP contribution is 2.19. The van der Waals surface area contributed by atoms with E-state index in [1.165, 1.54) is 12.8 Å². The molecule has 0 aliphatic carbocycles. The molecule has 1 atom stereocenters. The number of ether oxygens (including phenoxy) is 1. The number of esters is 1. The zero-order valence-corrected chi connectivity index (χ0v) is 12.3. The fourth-order valence-corrected chi connectivity index (χ4v) is 2.54. The molecule has 0 bridgehead atoms. The second kappa shape index (κ2) is 7.10. The first kappa shape index (κ1) is 15.4. The summed E-state index contributed by atoms with van der Waals surface area (Å²) in [6.45, 7) is 12.3. The van der Waals surface area contributed by atoms with Gasteiger partial charge < -0.3 is 15.0 Å². The van der Waals surface area contributed by atoms with Crippen LogP contribution < -0.4 is 5.32 Å². The van der Waals surface area contributed by atoms with Gasteiger partial charge in [0.05, 0.1) is 6.61 Å². The molecule has 1 fully saturated rings. The first-order valence-electron chi connectivity index (χ1n) is 7.16. The van der Waals surface area contributed by atoms with E-state index in [2.05, 4.69) is 17.1 Å². The summed E-state index contributed by atoms with van der Waals surface area (Å²) in [5, 5.41) is 3.29. The number of hydrogen-bond donors (Lipinski definition) is 1. The quantitative estimate of drug-likeness (QED) is 0.734. The van der Waals surface area contributed by atoms with Crippen LogP contribution in [0.15, 0.2) is 0 Å². The molecule has 1 aliphatic rings. The maximum Gasteiger partial charge on any atom is 0.327 e. The molecule has 1 aliphatic heterocycles. The van der Waals surface area contributed by atoms with Crippen LogP contribution in [0.4, 0.5) is 0 Å². The number of rotatable bonds is 6. The summed E-state index contributed by atoms with van der Waals surface area (Å²) in [5.41, 5.74) is -0.578. The topological polar surface area (TPSA) is 41.6 Å². The third-order valence-electron chi connectivity index (χ3n) is 3.71. The highest BCUT2D eigenvalue weighted by molar-refractivity contribution is 5.80. The largest absolute Gasteiger partial charge is 0.465 e. The van der Waals surface area contributed by atoms with Gasteiger partial charge in [-0.25, -0.2) is 0 Å². The van der Waals surface area contributed by atoms with E-state index in [9.17, 15) is 4.79 Å². The van der Waals surface area contributed by atoms with E-state index in [-0.39, 0.29) is 5.97 Å². The molecule has 1 unspecified atom stereocenters. The Balaban J connectivity index is 2.58. The minimum Gasteiger partial charge on any atom is -0.465 e. The minimum atomic E-state index is -0.578. The van der Waals surface area contributed by atoms with E-state index in [4.69, 9.17) is 4.74 Å². The van der Waals surface area contributed by atoms with E-state index in [1.807, 2.05) is 20.8 Å². The van der Waals surface area contributed by atoms with Crippen molar-refractivity contribution in [3.8, 4) is 0 Å². The Morgan fingerprint density at radius 1 is 1.39 bits per heavy atom. The van der Waals surface area contributed by atoms with E-state index >= 15 is 0 Å². The number of nitrogens with zero attached hydrogens (tertiary/aromatic N) is 1. The van der Waals surface area contributed by atoms with Crippen LogP contribution in [0.1, 0.15) is 40.5 Å². The van der Waals surface area contributed by atoms with Gasteiger partial charge in [-0.15, -0.1) is 0 Å². The number of nitrogens with one attached hydrogen (secondary N) is 1. The Hall–Kier alpha value is -0.610. The summed E-state index contributed by atoms with van der Waals surface area (Å²) in [6, 6.07) is 0. The van der Waals surface area contributed by atoms with Gasteiger partial charge in [-0.2, -0.15) is 0 Å². The molecule has 1 saturated heterocycles. The minimum absolute atomic E-state index is 0.134. The van der Waals surface area contributed by atoms with Crippen LogP contribution in [0.2, 0.25) is 0 Å². The molecule has 1 rings (SSSR count). The summed E-state index contributed by atoms with van der Waals surface area (Å²) in [7, 11) is 0. The highest BCUT2D eigenvalue weighted by atomic mass is 16.5. The van der Waals surface area contributed by atoms with E-state index < -0.39 is 5.54 Å². The van der Waals surface area contributed by atoms with Crippen molar-refractivity contribution in [2.75, 3.05) is 32.8 Å². The monoisotopic (exact) mass is 256 g/mol. The smallest absolute Gasteiger partial charge is 0.327 e. The number of likely N-dealkylation sites (N-methyl/N-ethyl adjacent to an activating group) is 1. The molecule has 106 valence electrons. The molecule has 0 radical (unpaired) electrons. The van der Waals surface area contributed by atoms with Crippen LogP contribution in [-0.4, -0.2) is 49.2 Å². The fraction of sp³-hybridized carbons (Fsp3) is 0.929. The Morgan fingerprint density at radius 2 is 2.00 bits per heavy atom. The zero-order valence-electron chi connectivity index (χ0n) is 12.3. The molecular formula is C14H28N2O2. The fourth-order valence-electron chi connectivity index (χ4n) is 2.54. The standard InChI is InChI=1S/C14H28N2O2/c1-5-15-14(4,13(17)18-6-2)11-16-9-7-12(3)8-10-16/h12,15H,5-11H2,1-4H3. The lowest BCUT2D eigenvalue weighted by atomic mass is 9.95. The third kappa shape index (κ3) is 4.25. The Morgan fingerprint density at radius 3 is 2.50 bits per heavy atom. The molecule has 18 heavy (non-hydrogen) atoms. The molecule has 0 aromatic heterocycles. The van der Waals surface area contributed by atoms with E-state index in [0.29, 0.717) is 6.61 Å². The number of hydrogen-bond acceptors (Lipinski definition) is 4. The number of piperidine rings is 1. The average molecular weight is 256 g/mol. The molecule has 1 heterocycles. The van der Waals surface area contributed by atoms with Gasteiger partial charge in [0.15, 0.2) is 0 Å². The second-order valence-corrected chi connectivity index (χ2v) is 5.54. The highest BCUT2D eigenvalue weighted by Gasteiger charge is 2.36. The molecule has 0 saturated carbocycles. The van der Waals surface area contributed by atoms with Crippen molar-refractivity contribution in [2.24, 2.45) is 5.92 Å². The summed E-state index contributed by atoms with van der Waals surface area (Å²) in [5.74, 6) is 0.680. The lowest BCUT2D eigenvalue weighted by Gasteiger charge is -2.37. The average Bonchev–Trinajstić information content (AvgIpc) is 2.33. The van der Waals surface area contributed by atoms with Crippen LogP contribution in [0.25, 0.3) is 0 Å². The van der Waals surface area contributed by atoms with Crippen molar-refractivity contribution in [1.29, 1.82) is 0 Å². The Bertz CT molecular complexity index is 263. The number of carbonyl (C=O) groups is 1. The first-order chi connectivity index (χ1) is 8.51. The van der Waals surface area contributed by atoms with Gasteiger partial charge in [0, 0.05) is 6.54 Å². The summed E-state index contributed by atoms with van der Waals surface area (Å²) in [4.78, 5) is 14.5. The normalized spacial score (nSPS) is 21.6. The van der Waals surface area contributed by atoms with Crippen molar-refractivity contribution < 1.29 is 9.53 Å². The predicted molar refractivity (Wildman–Crippen MR) is 73.6 cm³/mol. The van der Waals surface area contributed by atoms with Crippen LogP contribution in [0.3, 0.4) is 0 Å². The van der Waals surface area contributed by atoms with E-state index in [0.717, 1.165) is 32.1 Å². The van der Waals surface area contributed by atoms with Gasteiger partial charge in [0.1, 0.15) is 5.54 Å². The first-order valence-corrected chi connectivity index (χ1v) is 7.16. The van der Waals surface area contributed by atoms with E-state index in [1.54, 1.807) is 0 Å². The maximum atomic E-state index is 12.1. The predicted octanol–water partition coefficient (Wildman–Crippen LogP) is 1.65. The van der Waals surface area contributed by atoms with Gasteiger partial charge in [-0.05, 0) is 52.2 Å². The van der Waals surface area contributed by atoms with Crippen LogP contribution in [0.5, 0.6) is 0 Å². The van der Waals surface area contributed by atoms with Crippen molar-refractivity contribution in [3.63, 3.8) is 0 Å². The van der Waals surface area contributed by atoms with Gasteiger partial charge in [-0.3, -0.25) is 4.79 Å². The Kier molecular flexibility index (Phi) is 6.09. The molecule has 4 nitrogen and oxygen atoms in total. The zero-order chi connectivity index (χ0) is 13.6. The van der Waals surface area contributed by atoms with Crippen LogP contribution in [-0.2, 0) is 9.53 Å². The second-order valence-electron chi connectivity index (χ2n) is 5.54. The molecule has 0 aromatic carbocycles. The van der Waals surface area contributed by atoms with Gasteiger partial charge in [0.25, 0.3) is 0 Å². The molecule has 0 aromatic rings. The molecule has 4 heteroatoms. The Labute approximate surface area is 111 Å². The summed E-state index contributed by atoms with van der Waals surface area (Å²) in [6.07, 6.45) is 2.45. The van der Waals surface area contributed by atoms with Gasteiger partial charge in [-0.1, -0.05) is 13.8 Å². The van der Waals surface area contributed by atoms with Gasteiger partial charge in [0.2, 0.25) is 0 Å². The van der Waals surface area contributed by atoms with Crippen molar-refractivity contribution >= 4 is 5.97 Å². The summed E-state index contributed by atoms with van der Waals surface area (Å²) >= 11 is 0. The third-order valence-corrected chi connectivity index (χ3v) is 3.71. The van der Waals surface area contributed by atoms with Crippen LogP contribution >= 0.6 is 0 Å². The SMILES string of the molecule is CCNC(C)(CN1CCC(C)CC1)C(=O)OCC. The van der Waals surface area contributed by atoms with Crippen molar-refractivity contribution in [3.05, 3.63) is 0 Å². The van der Waals surface area contributed by atoms with Crippen LogP contribution in [0, 0.1) is 5.92 Å². The van der Waals surface area contributed by atoms with Crippen molar-refractivity contribution in [1.82, 2.24) is 10.2 Å².